The fraction of sp³-hybridized carbons (Fsp3) is 0.0909. The van der Waals surface area contributed by atoms with Gasteiger partial charge in [-0.25, -0.2) is 4.79 Å². The van der Waals surface area contributed by atoms with E-state index in [-0.39, 0.29) is 0 Å². The maximum absolute atomic E-state index is 10.8. The van der Waals surface area contributed by atoms with E-state index in [1.165, 1.54) is 13.2 Å². The molecule has 0 amide bonds. The zero-order valence-corrected chi connectivity index (χ0v) is 8.14. The van der Waals surface area contributed by atoms with Crippen molar-refractivity contribution in [1.82, 2.24) is 0 Å². The molecule has 1 aromatic carbocycles. The second-order valence-electron chi connectivity index (χ2n) is 2.78. The van der Waals surface area contributed by atoms with E-state index in [1.807, 2.05) is 0 Å². The fourth-order valence-electron chi connectivity index (χ4n) is 0.988. The van der Waals surface area contributed by atoms with Gasteiger partial charge in [0.1, 0.15) is 5.75 Å². The van der Waals surface area contributed by atoms with Crippen molar-refractivity contribution in [2.75, 3.05) is 7.11 Å². The third kappa shape index (κ3) is 3.27. The molecule has 0 bridgehead atoms. The third-order valence-corrected chi connectivity index (χ3v) is 1.73. The lowest BCUT2D eigenvalue weighted by atomic mass is 10.2. The van der Waals surface area contributed by atoms with E-state index in [1.54, 1.807) is 24.3 Å². The van der Waals surface area contributed by atoms with Crippen molar-refractivity contribution in [2.24, 2.45) is 0 Å². The van der Waals surface area contributed by atoms with E-state index in [2.05, 4.69) is 0 Å². The normalized spacial score (nSPS) is 10.2. The molecule has 0 unspecified atom stereocenters. The van der Waals surface area contributed by atoms with Crippen LogP contribution in [0.4, 0.5) is 0 Å². The smallest absolute Gasteiger partial charge is 0.376 e. The molecule has 0 heterocycles. The van der Waals surface area contributed by atoms with E-state index >= 15 is 0 Å². The van der Waals surface area contributed by atoms with Crippen LogP contribution in [-0.4, -0.2) is 24.0 Å². The molecule has 1 N–H and O–H groups in total. The molecule has 0 aromatic heterocycles. The summed E-state index contributed by atoms with van der Waals surface area (Å²) < 4.78 is 4.97. The minimum atomic E-state index is -1.46. The molecule has 0 aliphatic rings. The van der Waals surface area contributed by atoms with Crippen LogP contribution in [0.2, 0.25) is 0 Å². The van der Waals surface area contributed by atoms with Crippen molar-refractivity contribution < 1.29 is 19.4 Å². The maximum Gasteiger partial charge on any atom is 0.376 e. The van der Waals surface area contributed by atoms with Crippen LogP contribution in [0.5, 0.6) is 5.75 Å². The van der Waals surface area contributed by atoms with Crippen LogP contribution < -0.4 is 4.74 Å². The number of carboxylic acids is 1. The first kappa shape index (κ1) is 11.0. The first-order valence-corrected chi connectivity index (χ1v) is 4.23. The summed E-state index contributed by atoms with van der Waals surface area (Å²) in [5.74, 6) is -1.76. The van der Waals surface area contributed by atoms with Gasteiger partial charge in [0, 0.05) is 0 Å². The molecule has 4 heteroatoms. The molecule has 15 heavy (non-hydrogen) atoms. The Balaban J connectivity index is 2.80. The molecular weight excluding hydrogens is 196 g/mol. The topological polar surface area (TPSA) is 63.6 Å². The van der Waals surface area contributed by atoms with Gasteiger partial charge in [-0.3, -0.25) is 4.79 Å². The number of hydrogen-bond donors (Lipinski definition) is 1. The van der Waals surface area contributed by atoms with Crippen LogP contribution in [0, 0.1) is 0 Å². The number of hydrogen-bond acceptors (Lipinski definition) is 3. The van der Waals surface area contributed by atoms with Crippen LogP contribution in [0.1, 0.15) is 5.56 Å². The average Bonchev–Trinajstić information content (AvgIpc) is 2.26. The summed E-state index contributed by atoms with van der Waals surface area (Å²) >= 11 is 0. The van der Waals surface area contributed by atoms with Crippen molar-refractivity contribution in [2.45, 2.75) is 0 Å². The molecule has 4 nitrogen and oxygen atoms in total. The SMILES string of the molecule is COc1cccc(/C=C/C(=O)C(=O)O)c1. The summed E-state index contributed by atoms with van der Waals surface area (Å²) in [4.78, 5) is 21.0. The van der Waals surface area contributed by atoms with Gasteiger partial charge >= 0.3 is 5.97 Å². The van der Waals surface area contributed by atoms with Crippen LogP contribution in [0.25, 0.3) is 6.08 Å². The van der Waals surface area contributed by atoms with Gasteiger partial charge in [-0.2, -0.15) is 0 Å². The van der Waals surface area contributed by atoms with Gasteiger partial charge in [0.25, 0.3) is 5.78 Å². The lowest BCUT2D eigenvalue weighted by Gasteiger charge is -1.99. The molecule has 78 valence electrons. The standard InChI is InChI=1S/C11H10O4/c1-15-9-4-2-3-8(7-9)5-6-10(12)11(13)14/h2-7H,1H3,(H,13,14)/b6-5+. The molecule has 0 atom stereocenters. The monoisotopic (exact) mass is 206 g/mol. The minimum Gasteiger partial charge on any atom is -0.497 e. The highest BCUT2D eigenvalue weighted by Gasteiger charge is 2.05. The van der Waals surface area contributed by atoms with E-state index in [0.717, 1.165) is 6.08 Å². The summed E-state index contributed by atoms with van der Waals surface area (Å²) in [5.41, 5.74) is 0.712. The van der Waals surface area contributed by atoms with Gasteiger partial charge < -0.3 is 9.84 Å². The van der Waals surface area contributed by atoms with Gasteiger partial charge in [0.05, 0.1) is 7.11 Å². The van der Waals surface area contributed by atoms with Crippen LogP contribution in [-0.2, 0) is 9.59 Å². The lowest BCUT2D eigenvalue weighted by molar-refractivity contribution is -0.146. The molecule has 0 aliphatic carbocycles. The number of carbonyl (C=O) groups excluding carboxylic acids is 1. The van der Waals surface area contributed by atoms with Crippen molar-refractivity contribution in [3.63, 3.8) is 0 Å². The molecule has 0 saturated heterocycles. The number of aliphatic carboxylic acids is 1. The Morgan fingerprint density at radius 1 is 1.40 bits per heavy atom. The quantitative estimate of drug-likeness (QED) is 0.596. The van der Waals surface area contributed by atoms with Gasteiger partial charge in [-0.15, -0.1) is 0 Å². The van der Waals surface area contributed by atoms with Gasteiger partial charge in [0.15, 0.2) is 0 Å². The van der Waals surface area contributed by atoms with E-state index in [4.69, 9.17) is 9.84 Å². The Kier molecular flexibility index (Phi) is 3.62. The molecule has 0 saturated carbocycles. The molecule has 1 rings (SSSR count). The molecule has 0 fully saturated rings. The molecule has 0 radical (unpaired) electrons. The highest BCUT2D eigenvalue weighted by atomic mass is 16.5. The number of ketones is 1. The van der Waals surface area contributed by atoms with E-state index < -0.39 is 11.8 Å². The highest BCUT2D eigenvalue weighted by molar-refractivity contribution is 6.38. The van der Waals surface area contributed by atoms with Crippen LogP contribution in [0.3, 0.4) is 0 Å². The first-order chi connectivity index (χ1) is 7.13. The Hall–Kier alpha value is -2.10. The van der Waals surface area contributed by atoms with Gasteiger partial charge in [-0.1, -0.05) is 18.2 Å². The number of carbonyl (C=O) groups is 2. The Bertz CT molecular complexity index is 407. The number of ether oxygens (including phenoxy) is 1. The maximum atomic E-state index is 10.8. The highest BCUT2D eigenvalue weighted by Crippen LogP contribution is 2.13. The summed E-state index contributed by atoms with van der Waals surface area (Å²) in [7, 11) is 1.53. The predicted octanol–water partition coefficient (Wildman–Crippen LogP) is 1.36. The number of rotatable bonds is 4. The Morgan fingerprint density at radius 2 is 2.13 bits per heavy atom. The van der Waals surface area contributed by atoms with Crippen molar-refractivity contribution in [1.29, 1.82) is 0 Å². The van der Waals surface area contributed by atoms with Crippen molar-refractivity contribution >= 4 is 17.8 Å². The second kappa shape index (κ2) is 4.95. The van der Waals surface area contributed by atoms with E-state index in [0.29, 0.717) is 11.3 Å². The zero-order chi connectivity index (χ0) is 11.3. The third-order valence-electron chi connectivity index (χ3n) is 1.73. The van der Waals surface area contributed by atoms with Crippen LogP contribution >= 0.6 is 0 Å². The number of methoxy groups -OCH3 is 1. The van der Waals surface area contributed by atoms with Crippen molar-refractivity contribution in [3.8, 4) is 5.75 Å². The van der Waals surface area contributed by atoms with Crippen molar-refractivity contribution in [3.05, 3.63) is 35.9 Å². The first-order valence-electron chi connectivity index (χ1n) is 4.23. The van der Waals surface area contributed by atoms with E-state index in [9.17, 15) is 9.59 Å². The predicted molar refractivity (Wildman–Crippen MR) is 54.7 cm³/mol. The Morgan fingerprint density at radius 3 is 2.73 bits per heavy atom. The second-order valence-corrected chi connectivity index (χ2v) is 2.78. The average molecular weight is 206 g/mol. The summed E-state index contributed by atoms with van der Waals surface area (Å²) in [6, 6.07) is 6.96. The van der Waals surface area contributed by atoms with Crippen LogP contribution in [0.15, 0.2) is 30.3 Å². The zero-order valence-electron chi connectivity index (χ0n) is 8.14. The molecule has 0 spiro atoms. The number of benzene rings is 1. The number of carboxylic acid groups (broad SMARTS) is 1. The summed E-state index contributed by atoms with van der Waals surface area (Å²) in [6.07, 6.45) is 2.44. The molecule has 1 aromatic rings. The van der Waals surface area contributed by atoms with Gasteiger partial charge in [-0.05, 0) is 23.8 Å². The Labute approximate surface area is 86.8 Å². The molecular formula is C11H10O4. The summed E-state index contributed by atoms with van der Waals surface area (Å²) in [5, 5.41) is 8.34. The summed E-state index contributed by atoms with van der Waals surface area (Å²) in [6.45, 7) is 0. The fourth-order valence-corrected chi connectivity index (χ4v) is 0.988. The lowest BCUT2D eigenvalue weighted by Crippen LogP contribution is -2.08. The van der Waals surface area contributed by atoms with Gasteiger partial charge in [0.2, 0.25) is 0 Å². The minimum absolute atomic E-state index is 0.653. The largest absolute Gasteiger partial charge is 0.497 e. The molecule has 0 aliphatic heterocycles.